The number of fused-ring (bicyclic) bond motifs is 3. The van der Waals surface area contributed by atoms with Crippen LogP contribution in [0.25, 0.3) is 76.8 Å². The molecule has 0 N–H and O–H groups in total. The molecule has 51 heavy (non-hydrogen) atoms. The fourth-order valence-corrected chi connectivity index (χ4v) is 8.04. The maximum Gasteiger partial charge on any atom is -0.000139 e. The van der Waals surface area contributed by atoms with Gasteiger partial charge in [0.1, 0.15) is 0 Å². The molecule has 0 atom stereocenters. The number of hydrogen-bond donors (Lipinski definition) is 0. The molecule has 0 amide bonds. The highest BCUT2D eigenvalue weighted by Gasteiger charge is 2.26. The number of rotatable bonds is 5. The zero-order valence-corrected chi connectivity index (χ0v) is 30.9. The minimum atomic E-state index is 0.0647. The van der Waals surface area contributed by atoms with Crippen LogP contribution in [0.2, 0.25) is 0 Å². The van der Waals surface area contributed by atoms with Gasteiger partial charge in [0, 0.05) is 0 Å². The van der Waals surface area contributed by atoms with Crippen molar-refractivity contribution >= 4 is 32.3 Å². The Bertz CT molecular complexity index is 2540. The van der Waals surface area contributed by atoms with E-state index < -0.39 is 0 Å². The monoisotopic (exact) mass is 658 g/mol. The molecule has 0 radical (unpaired) electrons. The van der Waals surface area contributed by atoms with Crippen molar-refractivity contribution in [1.29, 1.82) is 0 Å². The molecule has 0 aromatic heterocycles. The van der Waals surface area contributed by atoms with E-state index >= 15 is 0 Å². The zero-order valence-electron chi connectivity index (χ0n) is 30.9. The second kappa shape index (κ2) is 12.7. The second-order valence-electron chi connectivity index (χ2n) is 15.7. The lowest BCUT2D eigenvalue weighted by molar-refractivity contribution is 0.590. The van der Waals surface area contributed by atoms with Gasteiger partial charge in [-0.05, 0) is 113 Å². The third-order valence-electron chi connectivity index (χ3n) is 10.7. The molecule has 0 fully saturated rings. The van der Waals surface area contributed by atoms with E-state index in [0.29, 0.717) is 5.92 Å². The van der Waals surface area contributed by atoms with Gasteiger partial charge in [-0.3, -0.25) is 0 Å². The maximum absolute atomic E-state index is 2.41. The van der Waals surface area contributed by atoms with E-state index in [0.717, 1.165) is 0 Å². The molecule has 0 saturated carbocycles. The summed E-state index contributed by atoms with van der Waals surface area (Å²) in [6.45, 7) is 15.9. The molecule has 0 heteroatoms. The standard InChI is InChI=1S/C51H46/c1-32(2)35-20-22-38(23-21-35)45-41-28-18-33(3)30-43(41)48(37-16-12-9-13-17-37)50-46(39-24-26-40(27-25-39)51(5,6)7)42-29-19-34(4)31-44(42)47(49(45)50)36-14-10-8-11-15-36/h8-32H,1-7H3. The largest absolute Gasteiger partial charge is 0.0622 e. The Kier molecular flexibility index (Phi) is 8.15. The third-order valence-corrected chi connectivity index (χ3v) is 10.7. The van der Waals surface area contributed by atoms with Crippen molar-refractivity contribution in [3.63, 3.8) is 0 Å². The fourth-order valence-electron chi connectivity index (χ4n) is 8.04. The Morgan fingerprint density at radius 2 is 0.765 bits per heavy atom. The van der Waals surface area contributed by atoms with Gasteiger partial charge in [0.2, 0.25) is 0 Å². The maximum atomic E-state index is 2.41. The van der Waals surface area contributed by atoms with Crippen molar-refractivity contribution in [2.75, 3.05) is 0 Å². The molecule has 0 saturated heterocycles. The first kappa shape index (κ1) is 32.7. The summed E-state index contributed by atoms with van der Waals surface area (Å²) in [5, 5.41) is 7.75. The van der Waals surface area contributed by atoms with E-state index in [2.05, 4.69) is 194 Å². The van der Waals surface area contributed by atoms with Crippen LogP contribution < -0.4 is 0 Å². The van der Waals surface area contributed by atoms with Gasteiger partial charge >= 0.3 is 0 Å². The van der Waals surface area contributed by atoms with Gasteiger partial charge in [-0.15, -0.1) is 0 Å². The van der Waals surface area contributed by atoms with Gasteiger partial charge < -0.3 is 0 Å². The van der Waals surface area contributed by atoms with Crippen molar-refractivity contribution in [1.82, 2.24) is 0 Å². The van der Waals surface area contributed by atoms with Crippen molar-refractivity contribution in [3.8, 4) is 44.5 Å². The van der Waals surface area contributed by atoms with E-state index in [1.54, 1.807) is 0 Å². The molecule has 0 aliphatic heterocycles. The van der Waals surface area contributed by atoms with Crippen LogP contribution in [0.5, 0.6) is 0 Å². The van der Waals surface area contributed by atoms with Gasteiger partial charge in [0.15, 0.2) is 0 Å². The second-order valence-corrected chi connectivity index (χ2v) is 15.7. The van der Waals surface area contributed by atoms with Crippen LogP contribution in [0.3, 0.4) is 0 Å². The van der Waals surface area contributed by atoms with Crippen LogP contribution in [-0.2, 0) is 5.41 Å². The molecule has 0 nitrogen and oxygen atoms in total. The summed E-state index contributed by atoms with van der Waals surface area (Å²) in [6, 6.07) is 55.1. The smallest absolute Gasteiger partial charge is 0.000139 e. The Morgan fingerprint density at radius 1 is 0.392 bits per heavy atom. The van der Waals surface area contributed by atoms with Gasteiger partial charge in [0.25, 0.3) is 0 Å². The van der Waals surface area contributed by atoms with Crippen LogP contribution in [0.15, 0.2) is 146 Å². The SMILES string of the molecule is Cc1ccc2c(-c3ccc(C(C)(C)C)cc3)c3c(-c4ccccc4)c4cc(C)ccc4c(-c4ccc(C(C)C)cc4)c3c(-c3ccccc3)c2c1. The molecule has 0 heterocycles. The Morgan fingerprint density at radius 3 is 1.16 bits per heavy atom. The van der Waals surface area contributed by atoms with Gasteiger partial charge in [-0.2, -0.15) is 0 Å². The molecule has 0 spiro atoms. The van der Waals surface area contributed by atoms with Crippen LogP contribution in [-0.4, -0.2) is 0 Å². The third kappa shape index (κ3) is 5.74. The van der Waals surface area contributed by atoms with Gasteiger partial charge in [-0.25, -0.2) is 0 Å². The molecular formula is C51H46. The summed E-state index contributed by atoms with van der Waals surface area (Å²) in [6.07, 6.45) is 0. The summed E-state index contributed by atoms with van der Waals surface area (Å²) >= 11 is 0. The zero-order chi connectivity index (χ0) is 35.4. The van der Waals surface area contributed by atoms with Crippen molar-refractivity contribution < 1.29 is 0 Å². The number of benzene rings is 8. The summed E-state index contributed by atoms with van der Waals surface area (Å²) in [5.41, 5.74) is 15.4. The summed E-state index contributed by atoms with van der Waals surface area (Å²) in [7, 11) is 0. The normalized spacial score (nSPS) is 12.0. The molecule has 8 rings (SSSR count). The average Bonchev–Trinajstić information content (AvgIpc) is 3.13. The molecule has 8 aromatic carbocycles. The first-order valence-corrected chi connectivity index (χ1v) is 18.4. The molecule has 0 aliphatic rings. The summed E-state index contributed by atoms with van der Waals surface area (Å²) < 4.78 is 0. The van der Waals surface area contributed by atoms with Crippen LogP contribution >= 0.6 is 0 Å². The van der Waals surface area contributed by atoms with Crippen molar-refractivity contribution in [2.45, 2.75) is 59.8 Å². The molecule has 0 aliphatic carbocycles. The van der Waals surface area contributed by atoms with Crippen LogP contribution in [0, 0.1) is 13.8 Å². The molecule has 0 unspecified atom stereocenters. The van der Waals surface area contributed by atoms with E-state index in [1.165, 1.54) is 99.1 Å². The predicted molar refractivity (Wildman–Crippen MR) is 223 cm³/mol. The van der Waals surface area contributed by atoms with Crippen molar-refractivity contribution in [2.24, 2.45) is 0 Å². The Balaban J connectivity index is 1.71. The van der Waals surface area contributed by atoms with Crippen molar-refractivity contribution in [3.05, 3.63) is 168 Å². The lowest BCUT2D eigenvalue weighted by Gasteiger charge is -2.26. The molecular weight excluding hydrogens is 613 g/mol. The Labute approximate surface area is 303 Å². The highest BCUT2D eigenvalue weighted by atomic mass is 14.3. The van der Waals surface area contributed by atoms with E-state index in [9.17, 15) is 0 Å². The topological polar surface area (TPSA) is 0 Å². The highest BCUT2D eigenvalue weighted by Crippen LogP contribution is 2.54. The predicted octanol–water partition coefficient (Wildman–Crippen LogP) is 14.9. The first-order valence-electron chi connectivity index (χ1n) is 18.4. The first-order chi connectivity index (χ1) is 24.6. The quantitative estimate of drug-likeness (QED) is 0.161. The number of aryl methyl sites for hydroxylation is 2. The Hall–Kier alpha value is -5.46. The van der Waals surface area contributed by atoms with E-state index in [4.69, 9.17) is 0 Å². The van der Waals surface area contributed by atoms with Crippen LogP contribution in [0.1, 0.15) is 62.8 Å². The van der Waals surface area contributed by atoms with E-state index in [-0.39, 0.29) is 5.41 Å². The summed E-state index contributed by atoms with van der Waals surface area (Å²) in [5.74, 6) is 0.463. The van der Waals surface area contributed by atoms with Gasteiger partial charge in [-0.1, -0.05) is 191 Å². The minimum absolute atomic E-state index is 0.0647. The number of hydrogen-bond acceptors (Lipinski definition) is 0. The average molecular weight is 659 g/mol. The summed E-state index contributed by atoms with van der Waals surface area (Å²) in [4.78, 5) is 0. The minimum Gasteiger partial charge on any atom is -0.0622 e. The molecule has 250 valence electrons. The molecule has 0 bridgehead atoms. The van der Waals surface area contributed by atoms with E-state index in [1.807, 2.05) is 0 Å². The van der Waals surface area contributed by atoms with Crippen LogP contribution in [0.4, 0.5) is 0 Å². The molecule has 8 aromatic rings. The lowest BCUT2D eigenvalue weighted by Crippen LogP contribution is -2.10. The van der Waals surface area contributed by atoms with Gasteiger partial charge in [0.05, 0.1) is 0 Å². The lowest BCUT2D eigenvalue weighted by atomic mass is 9.77. The fraction of sp³-hybridized carbons (Fsp3) is 0.176. The highest BCUT2D eigenvalue weighted by molar-refractivity contribution is 6.33.